The largest absolute Gasteiger partial charge is 0.481 e. The first kappa shape index (κ1) is 12.8. The molecule has 0 saturated heterocycles. The highest BCUT2D eigenvalue weighted by atomic mass is 32.1. The number of benzene rings is 1. The van der Waals surface area contributed by atoms with E-state index in [-0.39, 0.29) is 12.3 Å². The molecule has 94 valence electrons. The van der Waals surface area contributed by atoms with Gasteiger partial charge in [-0.05, 0) is 6.92 Å². The molecule has 0 saturated carbocycles. The molecule has 0 aliphatic rings. The molecule has 4 heteroatoms. The first-order valence-electron chi connectivity index (χ1n) is 5.82. The molecule has 2 aromatic rings. The van der Waals surface area contributed by atoms with Crippen LogP contribution in [0, 0.1) is 6.92 Å². The number of rotatable bonds is 4. The SMILES string of the molecule is Cc1nc(-c2ccccc2)c(C(C)CC(=O)O)s1. The molecule has 1 aromatic carbocycles. The van der Waals surface area contributed by atoms with Crippen LogP contribution in [-0.4, -0.2) is 16.1 Å². The highest BCUT2D eigenvalue weighted by molar-refractivity contribution is 7.12. The van der Waals surface area contributed by atoms with Crippen molar-refractivity contribution in [2.75, 3.05) is 0 Å². The first-order chi connectivity index (χ1) is 8.58. The fourth-order valence-corrected chi connectivity index (χ4v) is 2.93. The summed E-state index contributed by atoms with van der Waals surface area (Å²) < 4.78 is 0. The number of nitrogens with zero attached hydrogens (tertiary/aromatic N) is 1. The topological polar surface area (TPSA) is 50.2 Å². The van der Waals surface area contributed by atoms with Crippen molar-refractivity contribution in [2.45, 2.75) is 26.2 Å². The number of aryl methyl sites for hydroxylation is 1. The number of hydrogen-bond acceptors (Lipinski definition) is 3. The van der Waals surface area contributed by atoms with Gasteiger partial charge in [0.05, 0.1) is 17.1 Å². The Balaban J connectivity index is 2.40. The summed E-state index contributed by atoms with van der Waals surface area (Å²) in [6, 6.07) is 9.91. The van der Waals surface area contributed by atoms with Crippen molar-refractivity contribution >= 4 is 17.3 Å². The maximum Gasteiger partial charge on any atom is 0.303 e. The molecule has 0 bridgehead atoms. The number of thiazole rings is 1. The van der Waals surface area contributed by atoms with Crippen molar-refractivity contribution in [3.63, 3.8) is 0 Å². The molecular weight excluding hydrogens is 246 g/mol. The molecule has 1 heterocycles. The number of carbonyl (C=O) groups is 1. The van der Waals surface area contributed by atoms with Gasteiger partial charge in [-0.1, -0.05) is 37.3 Å². The third-order valence-corrected chi connectivity index (χ3v) is 3.94. The average molecular weight is 261 g/mol. The summed E-state index contributed by atoms with van der Waals surface area (Å²) in [5.74, 6) is -0.781. The Kier molecular flexibility index (Phi) is 3.77. The van der Waals surface area contributed by atoms with Gasteiger partial charge in [-0.3, -0.25) is 4.79 Å². The normalized spacial score (nSPS) is 12.3. The Labute approximate surface area is 110 Å². The standard InChI is InChI=1S/C14H15NO2S/c1-9(8-12(16)17)14-13(15-10(2)18-14)11-6-4-3-5-7-11/h3-7,9H,8H2,1-2H3,(H,16,17). The second-order valence-electron chi connectivity index (χ2n) is 4.31. The Hall–Kier alpha value is -1.68. The van der Waals surface area contributed by atoms with E-state index in [2.05, 4.69) is 4.98 Å². The Morgan fingerprint density at radius 1 is 1.39 bits per heavy atom. The van der Waals surface area contributed by atoms with Crippen LogP contribution in [0.5, 0.6) is 0 Å². The van der Waals surface area contributed by atoms with Crippen LogP contribution in [0.2, 0.25) is 0 Å². The Bertz CT molecular complexity index is 548. The van der Waals surface area contributed by atoms with E-state index >= 15 is 0 Å². The van der Waals surface area contributed by atoms with E-state index in [0.717, 1.165) is 21.1 Å². The van der Waals surface area contributed by atoms with Gasteiger partial charge in [-0.25, -0.2) is 4.98 Å². The summed E-state index contributed by atoms with van der Waals surface area (Å²) in [5, 5.41) is 9.87. The zero-order valence-electron chi connectivity index (χ0n) is 10.4. The third-order valence-electron chi connectivity index (χ3n) is 2.74. The summed E-state index contributed by atoms with van der Waals surface area (Å²) in [6.07, 6.45) is 0.140. The molecule has 0 fully saturated rings. The van der Waals surface area contributed by atoms with Crippen LogP contribution >= 0.6 is 11.3 Å². The van der Waals surface area contributed by atoms with Gasteiger partial charge in [0.15, 0.2) is 0 Å². The second kappa shape index (κ2) is 5.31. The summed E-state index contributed by atoms with van der Waals surface area (Å²) in [7, 11) is 0. The van der Waals surface area contributed by atoms with Gasteiger partial charge in [-0.2, -0.15) is 0 Å². The van der Waals surface area contributed by atoms with Crippen molar-refractivity contribution in [1.29, 1.82) is 0 Å². The van der Waals surface area contributed by atoms with Crippen LogP contribution in [0.1, 0.15) is 29.1 Å². The number of hydrogen-bond donors (Lipinski definition) is 1. The van der Waals surface area contributed by atoms with E-state index in [1.807, 2.05) is 44.2 Å². The molecule has 1 atom stereocenters. The molecule has 1 N–H and O–H groups in total. The van der Waals surface area contributed by atoms with E-state index < -0.39 is 5.97 Å². The highest BCUT2D eigenvalue weighted by Crippen LogP contribution is 2.35. The number of carboxylic acids is 1. The van der Waals surface area contributed by atoms with Gasteiger partial charge in [0.1, 0.15) is 0 Å². The zero-order chi connectivity index (χ0) is 13.1. The van der Waals surface area contributed by atoms with Gasteiger partial charge in [0.2, 0.25) is 0 Å². The minimum atomic E-state index is -0.771. The van der Waals surface area contributed by atoms with Crippen molar-refractivity contribution in [1.82, 2.24) is 4.98 Å². The van der Waals surface area contributed by atoms with Gasteiger partial charge in [0.25, 0.3) is 0 Å². The van der Waals surface area contributed by atoms with E-state index in [1.165, 1.54) is 0 Å². The lowest BCUT2D eigenvalue weighted by Gasteiger charge is -2.08. The predicted molar refractivity (Wildman–Crippen MR) is 73.0 cm³/mol. The van der Waals surface area contributed by atoms with Gasteiger partial charge in [0, 0.05) is 16.4 Å². The fraction of sp³-hybridized carbons (Fsp3) is 0.286. The molecule has 0 aliphatic carbocycles. The van der Waals surface area contributed by atoms with Crippen molar-refractivity contribution in [2.24, 2.45) is 0 Å². The fourth-order valence-electron chi connectivity index (χ4n) is 1.93. The van der Waals surface area contributed by atoms with Crippen LogP contribution in [0.3, 0.4) is 0 Å². The monoisotopic (exact) mass is 261 g/mol. The van der Waals surface area contributed by atoms with E-state index in [1.54, 1.807) is 11.3 Å². The van der Waals surface area contributed by atoms with Crippen LogP contribution in [0.4, 0.5) is 0 Å². The molecule has 0 aliphatic heterocycles. The van der Waals surface area contributed by atoms with Crippen LogP contribution in [-0.2, 0) is 4.79 Å². The lowest BCUT2D eigenvalue weighted by atomic mass is 10.0. The number of aliphatic carboxylic acids is 1. The highest BCUT2D eigenvalue weighted by Gasteiger charge is 2.19. The van der Waals surface area contributed by atoms with Crippen molar-refractivity contribution in [3.05, 3.63) is 40.2 Å². The quantitative estimate of drug-likeness (QED) is 0.913. The van der Waals surface area contributed by atoms with Crippen LogP contribution in [0.15, 0.2) is 30.3 Å². The number of aromatic nitrogens is 1. The lowest BCUT2D eigenvalue weighted by molar-refractivity contribution is -0.137. The summed E-state index contributed by atoms with van der Waals surface area (Å²) in [6.45, 7) is 3.89. The molecule has 3 nitrogen and oxygen atoms in total. The van der Waals surface area contributed by atoms with Gasteiger partial charge in [-0.15, -0.1) is 11.3 Å². The maximum atomic E-state index is 10.8. The Morgan fingerprint density at radius 2 is 2.06 bits per heavy atom. The van der Waals surface area contributed by atoms with Crippen molar-refractivity contribution < 1.29 is 9.90 Å². The maximum absolute atomic E-state index is 10.8. The smallest absolute Gasteiger partial charge is 0.303 e. The number of carboxylic acid groups (broad SMARTS) is 1. The summed E-state index contributed by atoms with van der Waals surface area (Å²) in [4.78, 5) is 16.4. The molecular formula is C14H15NO2S. The molecule has 2 rings (SSSR count). The Morgan fingerprint density at radius 3 is 2.67 bits per heavy atom. The molecule has 1 unspecified atom stereocenters. The minimum absolute atomic E-state index is 0.0103. The average Bonchev–Trinajstić information content (AvgIpc) is 2.72. The van der Waals surface area contributed by atoms with Gasteiger partial charge >= 0.3 is 5.97 Å². The first-order valence-corrected chi connectivity index (χ1v) is 6.64. The summed E-state index contributed by atoms with van der Waals surface area (Å²) >= 11 is 1.58. The van der Waals surface area contributed by atoms with Crippen molar-refractivity contribution in [3.8, 4) is 11.3 Å². The summed E-state index contributed by atoms with van der Waals surface area (Å²) in [5.41, 5.74) is 1.97. The van der Waals surface area contributed by atoms with E-state index in [9.17, 15) is 4.79 Å². The molecule has 0 radical (unpaired) electrons. The predicted octanol–water partition coefficient (Wildman–Crippen LogP) is 3.70. The lowest BCUT2D eigenvalue weighted by Crippen LogP contribution is -2.02. The van der Waals surface area contributed by atoms with E-state index in [4.69, 9.17) is 5.11 Å². The van der Waals surface area contributed by atoms with Gasteiger partial charge < -0.3 is 5.11 Å². The van der Waals surface area contributed by atoms with Crippen LogP contribution < -0.4 is 0 Å². The second-order valence-corrected chi connectivity index (χ2v) is 5.55. The molecule has 1 aromatic heterocycles. The molecule has 0 amide bonds. The van der Waals surface area contributed by atoms with E-state index in [0.29, 0.717) is 0 Å². The molecule has 18 heavy (non-hydrogen) atoms. The zero-order valence-corrected chi connectivity index (χ0v) is 11.2. The third kappa shape index (κ3) is 2.76. The van der Waals surface area contributed by atoms with Crippen LogP contribution in [0.25, 0.3) is 11.3 Å². The minimum Gasteiger partial charge on any atom is -0.481 e. The molecule has 0 spiro atoms.